The molecular weight excluding hydrogens is 261 g/mol. The summed E-state index contributed by atoms with van der Waals surface area (Å²) in [7, 11) is -4.23. The Bertz CT molecular complexity index is 526. The third kappa shape index (κ3) is 3.41. The second-order valence-corrected chi connectivity index (χ2v) is 5.55. The zero-order chi connectivity index (χ0) is 13.2. The first-order chi connectivity index (χ1) is 8.46. The van der Waals surface area contributed by atoms with E-state index in [-0.39, 0.29) is 5.56 Å². The van der Waals surface area contributed by atoms with Gasteiger partial charge in [0.1, 0.15) is 11.6 Å². The van der Waals surface area contributed by atoms with Gasteiger partial charge in [-0.05, 0) is 18.2 Å². The van der Waals surface area contributed by atoms with E-state index in [2.05, 4.69) is 0 Å². The van der Waals surface area contributed by atoms with E-state index < -0.39 is 21.7 Å². The molecule has 0 atom stereocenters. The summed E-state index contributed by atoms with van der Waals surface area (Å²) in [4.78, 5) is 1.98. The lowest BCUT2D eigenvalue weighted by molar-refractivity contribution is 0.122. The van der Waals surface area contributed by atoms with E-state index in [9.17, 15) is 12.8 Å². The van der Waals surface area contributed by atoms with Crippen LogP contribution in [0.3, 0.4) is 0 Å². The standard InChI is InChI=1S/C11H14FNO4S/c12-11-2-1-10(13-3-5-17-6-4-13)7-9(11)8-18(14,15)16/h1-2,7H,3-6,8H2,(H,14,15,16). The average Bonchev–Trinajstić information content (AvgIpc) is 2.31. The number of halogens is 1. The molecule has 1 aliphatic rings. The van der Waals surface area contributed by atoms with Crippen molar-refractivity contribution in [3.05, 3.63) is 29.6 Å². The molecule has 0 bridgehead atoms. The third-order valence-corrected chi connectivity index (χ3v) is 3.42. The molecule has 0 aromatic heterocycles. The fourth-order valence-electron chi connectivity index (χ4n) is 1.89. The molecule has 1 saturated heterocycles. The normalized spacial score (nSPS) is 16.9. The van der Waals surface area contributed by atoms with Crippen molar-refractivity contribution in [2.24, 2.45) is 0 Å². The first kappa shape index (κ1) is 13.3. The molecule has 0 amide bonds. The molecule has 18 heavy (non-hydrogen) atoms. The third-order valence-electron chi connectivity index (χ3n) is 2.74. The highest BCUT2D eigenvalue weighted by Crippen LogP contribution is 2.21. The molecule has 1 aromatic rings. The number of hydrogen-bond donors (Lipinski definition) is 1. The predicted octanol–water partition coefficient (Wildman–Crippen LogP) is 1.05. The Morgan fingerprint density at radius 3 is 2.61 bits per heavy atom. The summed E-state index contributed by atoms with van der Waals surface area (Å²) >= 11 is 0. The molecule has 0 unspecified atom stereocenters. The minimum atomic E-state index is -4.23. The van der Waals surface area contributed by atoms with Gasteiger partial charge in [-0.25, -0.2) is 4.39 Å². The summed E-state index contributed by atoms with van der Waals surface area (Å²) < 4.78 is 49.0. The molecule has 0 saturated carbocycles. The number of rotatable bonds is 3. The van der Waals surface area contributed by atoms with Crippen molar-refractivity contribution >= 4 is 15.8 Å². The van der Waals surface area contributed by atoms with Crippen LogP contribution in [0.2, 0.25) is 0 Å². The van der Waals surface area contributed by atoms with Gasteiger partial charge in [-0.1, -0.05) is 0 Å². The lowest BCUT2D eigenvalue weighted by Crippen LogP contribution is -2.36. The molecule has 0 radical (unpaired) electrons. The molecule has 1 N–H and O–H groups in total. The van der Waals surface area contributed by atoms with Crippen LogP contribution in [-0.2, 0) is 20.6 Å². The highest BCUT2D eigenvalue weighted by molar-refractivity contribution is 7.85. The lowest BCUT2D eigenvalue weighted by Gasteiger charge is -2.29. The van der Waals surface area contributed by atoms with Crippen LogP contribution in [0.5, 0.6) is 0 Å². The van der Waals surface area contributed by atoms with Crippen molar-refractivity contribution in [2.45, 2.75) is 5.75 Å². The molecule has 1 heterocycles. The minimum absolute atomic E-state index is 0.0264. The second-order valence-electron chi connectivity index (χ2n) is 4.10. The summed E-state index contributed by atoms with van der Waals surface area (Å²) in [5.74, 6) is -1.35. The van der Waals surface area contributed by atoms with E-state index in [1.807, 2.05) is 4.90 Å². The molecule has 5 nitrogen and oxygen atoms in total. The van der Waals surface area contributed by atoms with Gasteiger partial charge in [0.2, 0.25) is 0 Å². The molecule has 1 fully saturated rings. The molecular formula is C11H14FNO4S. The van der Waals surface area contributed by atoms with Gasteiger partial charge in [0, 0.05) is 24.3 Å². The topological polar surface area (TPSA) is 66.8 Å². The van der Waals surface area contributed by atoms with Crippen LogP contribution in [0.15, 0.2) is 18.2 Å². The molecule has 0 spiro atoms. The van der Waals surface area contributed by atoms with Gasteiger partial charge >= 0.3 is 0 Å². The number of morpholine rings is 1. The van der Waals surface area contributed by atoms with E-state index in [4.69, 9.17) is 9.29 Å². The van der Waals surface area contributed by atoms with Gasteiger partial charge in [0.25, 0.3) is 10.1 Å². The maximum Gasteiger partial charge on any atom is 0.269 e. The summed E-state index contributed by atoms with van der Waals surface area (Å²) in [5, 5.41) is 0. The predicted molar refractivity (Wildman–Crippen MR) is 64.7 cm³/mol. The number of benzene rings is 1. The Morgan fingerprint density at radius 1 is 1.33 bits per heavy atom. The summed E-state index contributed by atoms with van der Waals surface area (Å²) in [6, 6.07) is 4.26. The quantitative estimate of drug-likeness (QED) is 0.835. The maximum atomic E-state index is 13.4. The average molecular weight is 275 g/mol. The fraction of sp³-hybridized carbons (Fsp3) is 0.455. The lowest BCUT2D eigenvalue weighted by atomic mass is 10.2. The first-order valence-corrected chi connectivity index (χ1v) is 7.13. The number of ether oxygens (including phenoxy) is 1. The summed E-state index contributed by atoms with van der Waals surface area (Å²) in [6.07, 6.45) is 0. The van der Waals surface area contributed by atoms with E-state index in [0.717, 1.165) is 5.69 Å². The van der Waals surface area contributed by atoms with Crippen LogP contribution >= 0.6 is 0 Å². The van der Waals surface area contributed by atoms with Crippen molar-refractivity contribution in [3.8, 4) is 0 Å². The van der Waals surface area contributed by atoms with E-state index in [0.29, 0.717) is 26.3 Å². The smallest absolute Gasteiger partial charge is 0.269 e. The van der Waals surface area contributed by atoms with Gasteiger partial charge < -0.3 is 9.64 Å². The van der Waals surface area contributed by atoms with Crippen LogP contribution < -0.4 is 4.90 Å². The fourth-order valence-corrected chi connectivity index (χ4v) is 2.50. The Morgan fingerprint density at radius 2 is 2.00 bits per heavy atom. The van der Waals surface area contributed by atoms with Crippen LogP contribution in [-0.4, -0.2) is 39.3 Å². The van der Waals surface area contributed by atoms with Crippen molar-refractivity contribution < 1.29 is 22.1 Å². The van der Waals surface area contributed by atoms with Crippen molar-refractivity contribution in [1.82, 2.24) is 0 Å². The zero-order valence-electron chi connectivity index (χ0n) is 9.67. The van der Waals surface area contributed by atoms with Crippen LogP contribution in [0.25, 0.3) is 0 Å². The molecule has 7 heteroatoms. The van der Waals surface area contributed by atoms with Gasteiger partial charge in [0.15, 0.2) is 0 Å². The summed E-state index contributed by atoms with van der Waals surface area (Å²) in [6.45, 7) is 2.53. The molecule has 1 aromatic carbocycles. The Hall–Kier alpha value is -1.18. The summed E-state index contributed by atoms with van der Waals surface area (Å²) in [5.41, 5.74) is 0.708. The number of hydrogen-bond acceptors (Lipinski definition) is 4. The molecule has 100 valence electrons. The largest absolute Gasteiger partial charge is 0.378 e. The van der Waals surface area contributed by atoms with Crippen molar-refractivity contribution in [3.63, 3.8) is 0 Å². The van der Waals surface area contributed by atoms with E-state index >= 15 is 0 Å². The minimum Gasteiger partial charge on any atom is -0.378 e. The zero-order valence-corrected chi connectivity index (χ0v) is 10.5. The number of nitrogens with zero attached hydrogens (tertiary/aromatic N) is 1. The SMILES string of the molecule is O=S(=O)(O)Cc1cc(N2CCOCC2)ccc1F. The maximum absolute atomic E-state index is 13.4. The molecule has 0 aliphatic carbocycles. The van der Waals surface area contributed by atoms with Crippen molar-refractivity contribution in [1.29, 1.82) is 0 Å². The van der Waals surface area contributed by atoms with Crippen LogP contribution in [0, 0.1) is 5.82 Å². The highest BCUT2D eigenvalue weighted by Gasteiger charge is 2.16. The van der Waals surface area contributed by atoms with E-state index in [1.165, 1.54) is 12.1 Å². The molecule has 2 rings (SSSR count). The van der Waals surface area contributed by atoms with Crippen LogP contribution in [0.4, 0.5) is 10.1 Å². The Kier molecular flexibility index (Phi) is 3.84. The second kappa shape index (κ2) is 5.21. The first-order valence-electron chi connectivity index (χ1n) is 5.52. The van der Waals surface area contributed by atoms with Gasteiger partial charge in [0.05, 0.1) is 13.2 Å². The molecule has 1 aliphatic heterocycles. The monoisotopic (exact) mass is 275 g/mol. The van der Waals surface area contributed by atoms with Gasteiger partial charge in [-0.15, -0.1) is 0 Å². The van der Waals surface area contributed by atoms with E-state index in [1.54, 1.807) is 6.07 Å². The highest BCUT2D eigenvalue weighted by atomic mass is 32.2. The Balaban J connectivity index is 2.25. The van der Waals surface area contributed by atoms with Crippen molar-refractivity contribution in [2.75, 3.05) is 31.2 Å². The van der Waals surface area contributed by atoms with Gasteiger partial charge in [-0.3, -0.25) is 4.55 Å². The Labute approximate surface area is 105 Å². The van der Waals surface area contributed by atoms with Gasteiger partial charge in [-0.2, -0.15) is 8.42 Å². The van der Waals surface area contributed by atoms with Crippen LogP contribution in [0.1, 0.15) is 5.56 Å². The number of anilines is 1.